The number of hydrogen-bond acceptors (Lipinski definition) is 4. The van der Waals surface area contributed by atoms with E-state index >= 15 is 0 Å². The Morgan fingerprint density at radius 1 is 1.21 bits per heavy atom. The Labute approximate surface area is 84.8 Å². The normalized spacial score (nSPS) is 36.6. The minimum absolute atomic E-state index is 0.701. The lowest BCUT2D eigenvalue weighted by Gasteiger charge is -2.25. The van der Waals surface area contributed by atoms with Crippen molar-refractivity contribution < 1.29 is 0 Å². The number of likely N-dealkylation sites (tertiary alicyclic amines) is 1. The Morgan fingerprint density at radius 3 is 3.00 bits per heavy atom. The minimum atomic E-state index is 0.701. The lowest BCUT2D eigenvalue weighted by atomic mass is 10.1. The van der Waals surface area contributed by atoms with Crippen molar-refractivity contribution in [3.8, 4) is 0 Å². The Bertz CT molecular complexity index is 251. The van der Waals surface area contributed by atoms with Gasteiger partial charge in [0, 0.05) is 31.7 Å². The van der Waals surface area contributed by atoms with Crippen LogP contribution in [0, 0.1) is 0 Å². The van der Waals surface area contributed by atoms with E-state index in [0.717, 1.165) is 31.6 Å². The lowest BCUT2D eigenvalue weighted by Crippen LogP contribution is -2.43. The van der Waals surface area contributed by atoms with Gasteiger partial charge in [-0.15, -0.1) is 0 Å². The molecule has 3 heterocycles. The molecule has 4 nitrogen and oxygen atoms in total. The van der Waals surface area contributed by atoms with Gasteiger partial charge in [-0.2, -0.15) is 0 Å². The van der Waals surface area contributed by atoms with E-state index in [1.54, 1.807) is 0 Å². The zero-order chi connectivity index (χ0) is 9.38. The summed E-state index contributed by atoms with van der Waals surface area (Å²) in [5, 5.41) is 7.04. The number of aliphatic imine (C=N–C) groups is 1. The second kappa shape index (κ2) is 3.42. The number of guanidine groups is 1. The van der Waals surface area contributed by atoms with E-state index < -0.39 is 0 Å². The highest BCUT2D eigenvalue weighted by molar-refractivity contribution is 5.81. The van der Waals surface area contributed by atoms with Gasteiger partial charge in [-0.05, 0) is 19.3 Å². The molecule has 2 atom stereocenters. The second-order valence-corrected chi connectivity index (χ2v) is 4.50. The van der Waals surface area contributed by atoms with Crippen molar-refractivity contribution in [3.63, 3.8) is 0 Å². The topological polar surface area (TPSA) is 39.7 Å². The first-order chi connectivity index (χ1) is 6.92. The zero-order valence-electron chi connectivity index (χ0n) is 8.50. The number of rotatable bonds is 0. The van der Waals surface area contributed by atoms with Crippen LogP contribution in [0.2, 0.25) is 0 Å². The lowest BCUT2D eigenvalue weighted by molar-refractivity contribution is 0.376. The summed E-state index contributed by atoms with van der Waals surface area (Å²) in [7, 11) is 0. The van der Waals surface area contributed by atoms with Crippen LogP contribution >= 0.6 is 0 Å². The van der Waals surface area contributed by atoms with E-state index in [1.165, 1.54) is 25.8 Å². The molecule has 3 rings (SSSR count). The summed E-state index contributed by atoms with van der Waals surface area (Å²) in [6.45, 7) is 4.28. The third-order valence-corrected chi connectivity index (χ3v) is 3.48. The molecule has 2 fully saturated rings. The number of nitrogens with zero attached hydrogens (tertiary/aromatic N) is 2. The Hall–Kier alpha value is -0.770. The maximum atomic E-state index is 4.49. The van der Waals surface area contributed by atoms with Gasteiger partial charge in [0.2, 0.25) is 0 Å². The molecule has 4 heteroatoms. The van der Waals surface area contributed by atoms with Crippen LogP contribution in [0.1, 0.15) is 19.3 Å². The summed E-state index contributed by atoms with van der Waals surface area (Å²) < 4.78 is 0. The van der Waals surface area contributed by atoms with Crippen molar-refractivity contribution in [1.29, 1.82) is 0 Å². The first kappa shape index (κ1) is 8.53. The fourth-order valence-corrected chi connectivity index (χ4v) is 2.73. The van der Waals surface area contributed by atoms with Crippen LogP contribution in [0.5, 0.6) is 0 Å². The maximum absolute atomic E-state index is 4.49. The molecule has 0 saturated carbocycles. The van der Waals surface area contributed by atoms with Gasteiger partial charge in [-0.1, -0.05) is 0 Å². The Balaban J connectivity index is 1.69. The van der Waals surface area contributed by atoms with Gasteiger partial charge in [-0.3, -0.25) is 4.99 Å². The van der Waals surface area contributed by atoms with Crippen molar-refractivity contribution in [2.45, 2.75) is 31.3 Å². The molecule has 3 aliphatic heterocycles. The fourth-order valence-electron chi connectivity index (χ4n) is 2.73. The summed E-state index contributed by atoms with van der Waals surface area (Å²) >= 11 is 0. The van der Waals surface area contributed by atoms with Crippen molar-refractivity contribution in [3.05, 3.63) is 0 Å². The highest BCUT2D eigenvalue weighted by atomic mass is 15.3. The smallest absolute Gasteiger partial charge is 0.194 e. The molecular formula is C10H18N4. The molecule has 2 bridgehead atoms. The average molecular weight is 194 g/mol. The maximum Gasteiger partial charge on any atom is 0.194 e. The van der Waals surface area contributed by atoms with Crippen LogP contribution in [-0.2, 0) is 0 Å². The van der Waals surface area contributed by atoms with Gasteiger partial charge >= 0.3 is 0 Å². The summed E-state index contributed by atoms with van der Waals surface area (Å²) in [4.78, 5) is 6.91. The second-order valence-electron chi connectivity index (χ2n) is 4.50. The monoisotopic (exact) mass is 194 g/mol. The molecule has 0 amide bonds. The minimum Gasteiger partial charge on any atom is -0.354 e. The van der Waals surface area contributed by atoms with Gasteiger partial charge < -0.3 is 15.5 Å². The van der Waals surface area contributed by atoms with E-state index in [-0.39, 0.29) is 0 Å². The van der Waals surface area contributed by atoms with Gasteiger partial charge in [0.15, 0.2) is 5.96 Å². The molecule has 0 spiro atoms. The van der Waals surface area contributed by atoms with Gasteiger partial charge in [-0.25, -0.2) is 0 Å². The highest BCUT2D eigenvalue weighted by Crippen LogP contribution is 2.20. The number of fused-ring (bicyclic) bond motifs is 2. The van der Waals surface area contributed by atoms with Gasteiger partial charge in [0.05, 0.1) is 6.54 Å². The molecule has 2 N–H and O–H groups in total. The first-order valence-corrected chi connectivity index (χ1v) is 5.71. The van der Waals surface area contributed by atoms with E-state index in [2.05, 4.69) is 20.5 Å². The van der Waals surface area contributed by atoms with E-state index in [1.807, 2.05) is 0 Å². The number of nitrogens with one attached hydrogen (secondary N) is 2. The molecule has 0 aromatic heterocycles. The standard InChI is InChI=1S/C10H18N4/c1-2-9-7-14(6-3-8(1)13-9)10-11-4-5-12-10/h8-9,13H,1-7H2,(H,11,12). The van der Waals surface area contributed by atoms with Crippen molar-refractivity contribution in [2.24, 2.45) is 4.99 Å². The van der Waals surface area contributed by atoms with E-state index in [0.29, 0.717) is 6.04 Å². The molecule has 3 aliphatic rings. The molecule has 14 heavy (non-hydrogen) atoms. The van der Waals surface area contributed by atoms with Crippen molar-refractivity contribution in [2.75, 3.05) is 26.2 Å². The van der Waals surface area contributed by atoms with Crippen LogP contribution in [0.15, 0.2) is 4.99 Å². The molecule has 0 radical (unpaired) electrons. The van der Waals surface area contributed by atoms with E-state index in [9.17, 15) is 0 Å². The summed E-state index contributed by atoms with van der Waals surface area (Å²) in [6, 6.07) is 1.47. The van der Waals surface area contributed by atoms with Crippen molar-refractivity contribution >= 4 is 5.96 Å². The third kappa shape index (κ3) is 1.47. The molecule has 78 valence electrons. The largest absolute Gasteiger partial charge is 0.354 e. The summed E-state index contributed by atoms with van der Waals surface area (Å²) in [5.74, 6) is 1.14. The van der Waals surface area contributed by atoms with Gasteiger partial charge in [0.1, 0.15) is 0 Å². The predicted octanol–water partition coefficient (Wildman–Crippen LogP) is -0.228. The van der Waals surface area contributed by atoms with Crippen LogP contribution in [0.4, 0.5) is 0 Å². The first-order valence-electron chi connectivity index (χ1n) is 5.71. The SMILES string of the molecule is C1CNC(N2CCC3CCC(C2)N3)=N1. The van der Waals surface area contributed by atoms with Crippen LogP contribution in [0.25, 0.3) is 0 Å². The van der Waals surface area contributed by atoms with Crippen LogP contribution < -0.4 is 10.6 Å². The molecular weight excluding hydrogens is 176 g/mol. The quantitative estimate of drug-likeness (QED) is 0.559. The molecule has 2 unspecified atom stereocenters. The third-order valence-electron chi connectivity index (χ3n) is 3.48. The zero-order valence-corrected chi connectivity index (χ0v) is 8.50. The predicted molar refractivity (Wildman–Crippen MR) is 56.4 cm³/mol. The Morgan fingerprint density at radius 2 is 2.14 bits per heavy atom. The van der Waals surface area contributed by atoms with Crippen molar-refractivity contribution in [1.82, 2.24) is 15.5 Å². The average Bonchev–Trinajstić information content (AvgIpc) is 2.75. The van der Waals surface area contributed by atoms with Crippen LogP contribution in [0.3, 0.4) is 0 Å². The fraction of sp³-hybridized carbons (Fsp3) is 0.900. The van der Waals surface area contributed by atoms with E-state index in [4.69, 9.17) is 0 Å². The van der Waals surface area contributed by atoms with Gasteiger partial charge in [0.25, 0.3) is 0 Å². The highest BCUT2D eigenvalue weighted by Gasteiger charge is 2.30. The molecule has 0 aromatic rings. The summed E-state index contributed by atoms with van der Waals surface area (Å²) in [6.07, 6.45) is 3.99. The Kier molecular flexibility index (Phi) is 2.09. The summed E-state index contributed by atoms with van der Waals surface area (Å²) in [5.41, 5.74) is 0. The number of hydrogen-bond donors (Lipinski definition) is 2. The molecule has 2 saturated heterocycles. The molecule has 0 aromatic carbocycles. The molecule has 0 aliphatic carbocycles. The van der Waals surface area contributed by atoms with Crippen LogP contribution in [-0.4, -0.2) is 49.1 Å².